The fraction of sp³-hybridized carbons (Fsp3) is 0.0714. The summed E-state index contributed by atoms with van der Waals surface area (Å²) in [4.78, 5) is 11.5. The monoisotopic (exact) mass is 336 g/mol. The molecule has 6 N–H and O–H groups in total. The highest BCUT2D eigenvalue weighted by Crippen LogP contribution is 2.28. The third-order valence-electron chi connectivity index (χ3n) is 1.42. The van der Waals surface area contributed by atoms with Gasteiger partial charge in [-0.05, 0) is 36.4 Å². The lowest BCUT2D eigenvalue weighted by molar-refractivity contribution is 0.277. The average Bonchev–Trinajstić information content (AvgIpc) is 2.42. The van der Waals surface area contributed by atoms with E-state index in [-0.39, 0.29) is 16.7 Å². The van der Waals surface area contributed by atoms with E-state index >= 15 is 0 Å². The minimum absolute atomic E-state index is 0. The first-order chi connectivity index (χ1) is 8.61. The van der Waals surface area contributed by atoms with Gasteiger partial charge in [-0.15, -0.1) is 39.5 Å². The van der Waals surface area contributed by atoms with Crippen LogP contribution in [0.4, 0.5) is 4.79 Å². The highest BCUT2D eigenvalue weighted by molar-refractivity contribution is 8.32. The predicted molar refractivity (Wildman–Crippen MR) is 100 cm³/mol. The van der Waals surface area contributed by atoms with Crippen molar-refractivity contribution in [1.29, 1.82) is 0 Å². The Hall–Kier alpha value is -0.980. The number of carbonyl (C=O) groups is 1. The highest BCUT2D eigenvalue weighted by Gasteiger charge is 2.04. The average molecular weight is 337 g/mol. The zero-order valence-corrected chi connectivity index (χ0v) is 14.5. The molecule has 0 heterocycles. The van der Waals surface area contributed by atoms with Gasteiger partial charge < -0.3 is 12.3 Å². The molecule has 0 saturated heterocycles. The van der Waals surface area contributed by atoms with Gasteiger partial charge in [0.05, 0.1) is 0 Å². The predicted octanol–water partition coefficient (Wildman–Crippen LogP) is 6.52. The molecule has 3 nitrogen and oxygen atoms in total. The van der Waals surface area contributed by atoms with Gasteiger partial charge in [-0.2, -0.15) is 0 Å². The van der Waals surface area contributed by atoms with Crippen LogP contribution in [0.25, 0.3) is 0 Å². The van der Waals surface area contributed by atoms with Crippen molar-refractivity contribution in [3.63, 3.8) is 0 Å². The van der Waals surface area contributed by atoms with E-state index in [4.69, 9.17) is 11.6 Å². The standard InChI is InChI=1S/C8H7ClOS2.3C2H4.2H3N/c1-5-6(9)3-2-4-7(5)12-8(10)11;3*1-2;;/h2-4H,1H3,(H,10,11);3*1-2H2;2*1H3. The van der Waals surface area contributed by atoms with Crippen molar-refractivity contribution in [3.8, 4) is 0 Å². The van der Waals surface area contributed by atoms with Gasteiger partial charge in [0.2, 0.25) is 4.45 Å². The van der Waals surface area contributed by atoms with Crippen molar-refractivity contribution in [2.45, 2.75) is 11.8 Å². The van der Waals surface area contributed by atoms with E-state index in [9.17, 15) is 4.79 Å². The SMILES string of the molecule is C=C.C=C.C=C.Cc1c(Cl)cccc1SC(=O)S.N.N. The van der Waals surface area contributed by atoms with Gasteiger partial charge in [0.15, 0.2) is 0 Å². The second-order valence-electron chi connectivity index (χ2n) is 2.23. The Kier molecular flexibility index (Phi) is 36.4. The molecule has 0 unspecified atom stereocenters. The number of benzene rings is 1. The number of carbonyl (C=O) groups excluding carboxylic acids is 1. The minimum atomic E-state index is -0.222. The lowest BCUT2D eigenvalue weighted by Crippen LogP contribution is -1.82. The summed E-state index contributed by atoms with van der Waals surface area (Å²) in [6.07, 6.45) is 0. The molecule has 0 aliphatic rings. The molecule has 6 heteroatoms. The minimum Gasteiger partial charge on any atom is -0.344 e. The van der Waals surface area contributed by atoms with E-state index < -0.39 is 0 Å². The first-order valence-electron chi connectivity index (χ1n) is 4.77. The van der Waals surface area contributed by atoms with Gasteiger partial charge in [-0.25, -0.2) is 0 Å². The molecular weight excluding hydrogens is 312 g/mol. The number of thiol groups is 1. The van der Waals surface area contributed by atoms with E-state index in [1.807, 2.05) is 19.1 Å². The second-order valence-corrected chi connectivity index (χ2v) is 4.36. The van der Waals surface area contributed by atoms with Crippen LogP contribution in [-0.2, 0) is 0 Å². The molecule has 1 aromatic rings. The third kappa shape index (κ3) is 15.1. The Morgan fingerprint density at radius 1 is 1.10 bits per heavy atom. The molecule has 1 aromatic carbocycles. The number of rotatable bonds is 1. The molecule has 0 radical (unpaired) electrons. The second kappa shape index (κ2) is 23.1. The summed E-state index contributed by atoms with van der Waals surface area (Å²) >= 11 is 10.6. The van der Waals surface area contributed by atoms with Crippen LogP contribution in [0.2, 0.25) is 5.02 Å². The summed E-state index contributed by atoms with van der Waals surface area (Å²) in [5.41, 5.74) is 0.923. The fourth-order valence-electron chi connectivity index (χ4n) is 0.792. The summed E-state index contributed by atoms with van der Waals surface area (Å²) < 4.78 is -0.222. The van der Waals surface area contributed by atoms with Gasteiger partial charge in [0.25, 0.3) is 0 Å². The molecule has 0 aliphatic heterocycles. The highest BCUT2D eigenvalue weighted by atomic mass is 35.5. The quantitative estimate of drug-likeness (QED) is 0.309. The molecule has 0 spiro atoms. The van der Waals surface area contributed by atoms with Crippen molar-refractivity contribution in [3.05, 3.63) is 68.3 Å². The maximum atomic E-state index is 10.7. The summed E-state index contributed by atoms with van der Waals surface area (Å²) in [6, 6.07) is 5.46. The Morgan fingerprint density at radius 3 is 1.85 bits per heavy atom. The molecule has 20 heavy (non-hydrogen) atoms. The summed E-state index contributed by atoms with van der Waals surface area (Å²) in [6.45, 7) is 19.9. The van der Waals surface area contributed by atoms with Crippen LogP contribution in [0.15, 0.2) is 62.6 Å². The molecule has 0 atom stereocenters. The number of hydrogen-bond acceptors (Lipinski definition) is 4. The third-order valence-corrected chi connectivity index (χ3v) is 2.94. The molecule has 116 valence electrons. The number of hydrogen-bond donors (Lipinski definition) is 3. The largest absolute Gasteiger partial charge is 0.344 e. The van der Waals surface area contributed by atoms with Crippen molar-refractivity contribution >= 4 is 40.4 Å². The van der Waals surface area contributed by atoms with Gasteiger partial charge in [-0.1, -0.05) is 30.3 Å². The molecule has 0 amide bonds. The van der Waals surface area contributed by atoms with E-state index in [0.717, 1.165) is 22.2 Å². The maximum Gasteiger partial charge on any atom is 0.247 e. The van der Waals surface area contributed by atoms with Crippen molar-refractivity contribution < 1.29 is 4.79 Å². The normalized spacial score (nSPS) is 6.55. The molecule has 1 rings (SSSR count). The van der Waals surface area contributed by atoms with Crippen molar-refractivity contribution in [2.24, 2.45) is 0 Å². The van der Waals surface area contributed by atoms with Gasteiger partial charge in [0.1, 0.15) is 0 Å². The Bertz CT molecular complexity index is 358. The van der Waals surface area contributed by atoms with Crippen LogP contribution in [0, 0.1) is 6.92 Å². The van der Waals surface area contributed by atoms with E-state index in [1.54, 1.807) is 6.07 Å². The first kappa shape index (κ1) is 31.4. The zero-order valence-electron chi connectivity index (χ0n) is 12.0. The fourth-order valence-corrected chi connectivity index (χ4v) is 1.92. The van der Waals surface area contributed by atoms with Crippen LogP contribution in [0.5, 0.6) is 0 Å². The van der Waals surface area contributed by atoms with Gasteiger partial charge in [0, 0.05) is 9.92 Å². The number of halogens is 1. The first-order valence-corrected chi connectivity index (χ1v) is 6.41. The molecule has 0 aromatic heterocycles. The Labute approximate surface area is 137 Å². The van der Waals surface area contributed by atoms with Gasteiger partial charge >= 0.3 is 0 Å². The van der Waals surface area contributed by atoms with Crippen LogP contribution in [0.1, 0.15) is 5.56 Å². The van der Waals surface area contributed by atoms with Crippen LogP contribution < -0.4 is 12.3 Å². The number of thioether (sulfide) groups is 1. The van der Waals surface area contributed by atoms with E-state index in [0.29, 0.717) is 5.02 Å². The molecule has 0 bridgehead atoms. The Morgan fingerprint density at radius 2 is 1.50 bits per heavy atom. The maximum absolute atomic E-state index is 10.7. The topological polar surface area (TPSA) is 87.1 Å². The van der Waals surface area contributed by atoms with Crippen LogP contribution >= 0.6 is 36.0 Å². The Balaban J connectivity index is -0.0000000833. The molecule has 0 fully saturated rings. The molecular formula is C14H25ClN2OS2. The van der Waals surface area contributed by atoms with E-state index in [2.05, 4.69) is 52.1 Å². The summed E-state index contributed by atoms with van der Waals surface area (Å²) in [5.74, 6) is 0. The van der Waals surface area contributed by atoms with Crippen molar-refractivity contribution in [2.75, 3.05) is 0 Å². The molecule has 0 aliphatic carbocycles. The lowest BCUT2D eigenvalue weighted by atomic mass is 10.2. The summed E-state index contributed by atoms with van der Waals surface area (Å²) in [7, 11) is 0. The molecule has 0 saturated carbocycles. The summed E-state index contributed by atoms with van der Waals surface area (Å²) in [5, 5.41) is 0.676. The van der Waals surface area contributed by atoms with Crippen molar-refractivity contribution in [1.82, 2.24) is 12.3 Å². The zero-order chi connectivity index (χ0) is 15.1. The lowest BCUT2D eigenvalue weighted by Gasteiger charge is -2.02. The van der Waals surface area contributed by atoms with Crippen LogP contribution in [0.3, 0.4) is 0 Å². The van der Waals surface area contributed by atoms with E-state index in [1.165, 1.54) is 0 Å². The van der Waals surface area contributed by atoms with Gasteiger partial charge in [-0.3, -0.25) is 4.79 Å². The van der Waals surface area contributed by atoms with Crippen LogP contribution in [-0.4, -0.2) is 4.45 Å². The smallest absolute Gasteiger partial charge is 0.247 e.